The van der Waals surface area contributed by atoms with Gasteiger partial charge in [0.15, 0.2) is 0 Å². The smallest absolute Gasteiger partial charge is 0.417 e. The molecule has 0 aromatic heterocycles. The summed E-state index contributed by atoms with van der Waals surface area (Å²) in [6, 6.07) is 12.8. The van der Waals surface area contributed by atoms with Crippen molar-refractivity contribution in [3.8, 4) is 0 Å². The molecule has 0 fully saturated rings. The Kier molecular flexibility index (Phi) is 5.62. The minimum Gasteiger partial charge on any atom is -0.452 e. The number of rotatable bonds is 5. The lowest BCUT2D eigenvalue weighted by Crippen LogP contribution is -2.20. The van der Waals surface area contributed by atoms with E-state index in [2.05, 4.69) is 0 Å². The third-order valence-corrected chi connectivity index (χ3v) is 3.17. The summed E-state index contributed by atoms with van der Waals surface area (Å²) < 4.78 is 9.68. The number of benzene rings is 2. The summed E-state index contributed by atoms with van der Waals surface area (Å²) >= 11 is 0. The van der Waals surface area contributed by atoms with Crippen molar-refractivity contribution in [2.45, 2.75) is 20.1 Å². The Balaban J connectivity index is 1.79. The maximum absolute atomic E-state index is 11.6. The minimum atomic E-state index is -1.11. The molecule has 0 N–H and O–H groups in total. The molecule has 7 heteroatoms. The Labute approximate surface area is 138 Å². The predicted octanol–water partition coefficient (Wildman–Crippen LogP) is 2.69. The van der Waals surface area contributed by atoms with Crippen molar-refractivity contribution < 1.29 is 24.0 Å². The summed E-state index contributed by atoms with van der Waals surface area (Å²) in [6.07, 6.45) is 0. The molecule has 7 nitrogen and oxygen atoms in total. The lowest BCUT2D eigenvalue weighted by molar-refractivity contribution is -0.384. The zero-order valence-corrected chi connectivity index (χ0v) is 12.9. The zero-order chi connectivity index (χ0) is 17.5. The molecule has 0 aliphatic carbocycles. The van der Waals surface area contributed by atoms with Gasteiger partial charge in [-0.25, -0.2) is 9.59 Å². The van der Waals surface area contributed by atoms with Gasteiger partial charge in [-0.2, -0.15) is 0 Å². The highest BCUT2D eigenvalue weighted by molar-refractivity contribution is 6.29. The van der Waals surface area contributed by atoms with Gasteiger partial charge >= 0.3 is 11.9 Å². The monoisotopic (exact) mass is 329 g/mol. The maximum atomic E-state index is 11.6. The molecule has 2 aromatic rings. The number of esters is 2. The summed E-state index contributed by atoms with van der Waals surface area (Å²) in [5.74, 6) is -2.20. The van der Waals surface area contributed by atoms with Crippen molar-refractivity contribution in [3.05, 3.63) is 75.3 Å². The summed E-state index contributed by atoms with van der Waals surface area (Å²) in [5, 5.41) is 10.5. The normalized spacial score (nSPS) is 10.0. The molecule has 24 heavy (non-hydrogen) atoms. The van der Waals surface area contributed by atoms with Crippen molar-refractivity contribution in [2.24, 2.45) is 0 Å². The molecular formula is C17H15NO6. The molecule has 2 aromatic carbocycles. The number of nitro groups is 1. The minimum absolute atomic E-state index is 0.0221. The van der Waals surface area contributed by atoms with Gasteiger partial charge in [0.1, 0.15) is 13.2 Å². The van der Waals surface area contributed by atoms with E-state index in [1.165, 1.54) is 24.3 Å². The van der Waals surface area contributed by atoms with Gasteiger partial charge in [0.25, 0.3) is 5.69 Å². The van der Waals surface area contributed by atoms with Crippen LogP contribution in [-0.2, 0) is 32.3 Å². The van der Waals surface area contributed by atoms with Crippen LogP contribution in [0.15, 0.2) is 48.5 Å². The van der Waals surface area contributed by atoms with Crippen LogP contribution in [0.25, 0.3) is 0 Å². The highest BCUT2D eigenvalue weighted by Crippen LogP contribution is 2.12. The summed E-state index contributed by atoms with van der Waals surface area (Å²) in [7, 11) is 0. The SMILES string of the molecule is Cc1ccc(COC(=O)C(=O)OCc2ccc([N+](=O)[O-])cc2)cc1. The van der Waals surface area contributed by atoms with Crippen molar-refractivity contribution in [3.63, 3.8) is 0 Å². The van der Waals surface area contributed by atoms with Crippen LogP contribution in [0.1, 0.15) is 16.7 Å². The van der Waals surface area contributed by atoms with E-state index in [9.17, 15) is 19.7 Å². The van der Waals surface area contributed by atoms with Crippen LogP contribution in [0.5, 0.6) is 0 Å². The van der Waals surface area contributed by atoms with E-state index in [-0.39, 0.29) is 18.9 Å². The lowest BCUT2D eigenvalue weighted by Gasteiger charge is -2.06. The van der Waals surface area contributed by atoms with E-state index in [1.807, 2.05) is 19.1 Å². The van der Waals surface area contributed by atoms with Gasteiger partial charge in [0, 0.05) is 12.1 Å². The number of hydrogen-bond acceptors (Lipinski definition) is 6. The van der Waals surface area contributed by atoms with Crippen molar-refractivity contribution >= 4 is 17.6 Å². The number of hydrogen-bond donors (Lipinski definition) is 0. The van der Waals surface area contributed by atoms with Crippen LogP contribution in [0.2, 0.25) is 0 Å². The Morgan fingerprint density at radius 2 is 1.29 bits per heavy atom. The largest absolute Gasteiger partial charge is 0.452 e. The maximum Gasteiger partial charge on any atom is 0.417 e. The molecular weight excluding hydrogens is 314 g/mol. The Morgan fingerprint density at radius 1 is 0.875 bits per heavy atom. The van der Waals surface area contributed by atoms with E-state index in [0.29, 0.717) is 5.56 Å². The number of carbonyl (C=O) groups is 2. The molecule has 0 spiro atoms. The van der Waals surface area contributed by atoms with Gasteiger partial charge in [-0.1, -0.05) is 29.8 Å². The first-order valence-corrected chi connectivity index (χ1v) is 7.08. The molecule has 0 amide bonds. The molecule has 0 aliphatic rings. The van der Waals surface area contributed by atoms with Crippen LogP contribution in [0, 0.1) is 17.0 Å². The first-order valence-electron chi connectivity index (χ1n) is 7.08. The number of nitrogens with zero attached hydrogens (tertiary/aromatic N) is 1. The third-order valence-electron chi connectivity index (χ3n) is 3.17. The van der Waals surface area contributed by atoms with Crippen molar-refractivity contribution in [1.29, 1.82) is 0 Å². The van der Waals surface area contributed by atoms with Gasteiger partial charge in [-0.3, -0.25) is 10.1 Å². The van der Waals surface area contributed by atoms with Gasteiger partial charge in [-0.05, 0) is 30.2 Å². The van der Waals surface area contributed by atoms with E-state index >= 15 is 0 Å². The number of aryl methyl sites for hydroxylation is 1. The van der Waals surface area contributed by atoms with Crippen LogP contribution < -0.4 is 0 Å². The Hall–Kier alpha value is -3.22. The van der Waals surface area contributed by atoms with Gasteiger partial charge in [0.2, 0.25) is 0 Å². The topological polar surface area (TPSA) is 95.7 Å². The number of ether oxygens (including phenoxy) is 2. The first kappa shape index (κ1) is 17.1. The Morgan fingerprint density at radius 3 is 1.71 bits per heavy atom. The van der Waals surface area contributed by atoms with Gasteiger partial charge < -0.3 is 9.47 Å². The fourth-order valence-electron chi connectivity index (χ4n) is 1.81. The first-order chi connectivity index (χ1) is 11.5. The average Bonchev–Trinajstić information content (AvgIpc) is 2.59. The van der Waals surface area contributed by atoms with Gasteiger partial charge in [0.05, 0.1) is 4.92 Å². The second kappa shape index (κ2) is 7.87. The fourth-order valence-corrected chi connectivity index (χ4v) is 1.81. The molecule has 2 rings (SSSR count). The summed E-state index contributed by atoms with van der Waals surface area (Å²) in [4.78, 5) is 33.1. The van der Waals surface area contributed by atoms with Crippen LogP contribution in [-0.4, -0.2) is 16.9 Å². The Bertz CT molecular complexity index is 737. The third kappa shape index (κ3) is 4.91. The molecule has 0 radical (unpaired) electrons. The molecule has 0 saturated carbocycles. The second-order valence-electron chi connectivity index (χ2n) is 5.06. The number of carbonyl (C=O) groups excluding carboxylic acids is 2. The van der Waals surface area contributed by atoms with E-state index in [4.69, 9.17) is 9.47 Å². The molecule has 0 bridgehead atoms. The molecule has 0 atom stereocenters. The van der Waals surface area contributed by atoms with E-state index < -0.39 is 16.9 Å². The fraction of sp³-hybridized carbons (Fsp3) is 0.176. The highest BCUT2D eigenvalue weighted by atomic mass is 16.6. The predicted molar refractivity (Wildman–Crippen MR) is 83.9 cm³/mol. The number of non-ortho nitro benzene ring substituents is 1. The standard InChI is InChI=1S/C17H15NO6/c1-12-2-4-13(5-3-12)10-23-16(19)17(20)24-11-14-6-8-15(9-7-14)18(21)22/h2-9H,10-11H2,1H3. The molecule has 0 unspecified atom stereocenters. The number of nitro benzene ring substituents is 1. The summed E-state index contributed by atoms with van der Waals surface area (Å²) in [5.41, 5.74) is 2.30. The van der Waals surface area contributed by atoms with Crippen LogP contribution in [0.4, 0.5) is 5.69 Å². The van der Waals surface area contributed by atoms with Crippen molar-refractivity contribution in [1.82, 2.24) is 0 Å². The molecule has 0 aliphatic heterocycles. The highest BCUT2D eigenvalue weighted by Gasteiger charge is 2.17. The van der Waals surface area contributed by atoms with Crippen LogP contribution >= 0.6 is 0 Å². The van der Waals surface area contributed by atoms with E-state index in [0.717, 1.165) is 11.1 Å². The lowest BCUT2D eigenvalue weighted by atomic mass is 10.2. The average molecular weight is 329 g/mol. The zero-order valence-electron chi connectivity index (χ0n) is 12.9. The summed E-state index contributed by atoms with van der Waals surface area (Å²) in [6.45, 7) is 1.74. The molecule has 0 saturated heterocycles. The van der Waals surface area contributed by atoms with E-state index in [1.54, 1.807) is 12.1 Å². The van der Waals surface area contributed by atoms with Gasteiger partial charge in [-0.15, -0.1) is 0 Å². The quantitative estimate of drug-likeness (QED) is 0.362. The second-order valence-corrected chi connectivity index (χ2v) is 5.06. The molecule has 0 heterocycles. The molecule has 124 valence electrons. The van der Waals surface area contributed by atoms with Crippen molar-refractivity contribution in [2.75, 3.05) is 0 Å². The van der Waals surface area contributed by atoms with Crippen LogP contribution in [0.3, 0.4) is 0 Å².